The van der Waals surface area contributed by atoms with E-state index in [9.17, 15) is 10.1 Å². The molecule has 0 aliphatic rings. The van der Waals surface area contributed by atoms with Crippen LogP contribution in [0.5, 0.6) is 0 Å². The summed E-state index contributed by atoms with van der Waals surface area (Å²) in [6.07, 6.45) is 1.64. The van der Waals surface area contributed by atoms with E-state index in [1.165, 1.54) is 10.2 Å². The quantitative estimate of drug-likeness (QED) is 0.597. The van der Waals surface area contributed by atoms with E-state index in [1.54, 1.807) is 26.1 Å². The van der Waals surface area contributed by atoms with Crippen LogP contribution in [0.25, 0.3) is 0 Å². The zero-order valence-corrected chi connectivity index (χ0v) is 17.0. The lowest BCUT2D eigenvalue weighted by Gasteiger charge is -2.23. The highest BCUT2D eigenvalue weighted by molar-refractivity contribution is 5.80. The molecule has 3 rings (SSSR count). The second kappa shape index (κ2) is 9.03. The predicted octanol–water partition coefficient (Wildman–Crippen LogP) is 4.25. The molecule has 0 spiro atoms. The lowest BCUT2D eigenvalue weighted by molar-refractivity contribution is 0.786. The number of nitrogens with zero attached hydrogens (tertiary/aromatic N) is 4. The van der Waals surface area contributed by atoms with Crippen LogP contribution in [-0.2, 0) is 6.54 Å². The van der Waals surface area contributed by atoms with Crippen molar-refractivity contribution >= 4 is 11.9 Å². The molecule has 29 heavy (non-hydrogen) atoms. The van der Waals surface area contributed by atoms with Crippen molar-refractivity contribution in [3.63, 3.8) is 0 Å². The van der Waals surface area contributed by atoms with Gasteiger partial charge >= 0.3 is 0 Å². The number of aryl methyl sites for hydroxylation is 2. The van der Waals surface area contributed by atoms with Gasteiger partial charge in [-0.25, -0.2) is 4.68 Å². The van der Waals surface area contributed by atoms with E-state index in [0.717, 1.165) is 24.3 Å². The van der Waals surface area contributed by atoms with E-state index in [2.05, 4.69) is 53.3 Å². The zero-order valence-electron chi connectivity index (χ0n) is 17.0. The number of anilines is 1. The van der Waals surface area contributed by atoms with Crippen molar-refractivity contribution in [2.45, 2.75) is 27.3 Å². The largest absolute Gasteiger partial charge is 0.367 e. The van der Waals surface area contributed by atoms with Gasteiger partial charge < -0.3 is 4.90 Å². The summed E-state index contributed by atoms with van der Waals surface area (Å²) in [4.78, 5) is 14.7. The zero-order chi connectivity index (χ0) is 20.8. The summed E-state index contributed by atoms with van der Waals surface area (Å²) in [5.74, 6) is 0. The summed E-state index contributed by atoms with van der Waals surface area (Å²) in [6.45, 7) is 7.45. The average molecular weight is 384 g/mol. The fourth-order valence-electron chi connectivity index (χ4n) is 3.25. The minimum Gasteiger partial charge on any atom is -0.367 e. The normalized spacial score (nSPS) is 10.8. The second-order valence-electron chi connectivity index (χ2n) is 6.91. The maximum atomic E-state index is 12.4. The highest BCUT2D eigenvalue weighted by Crippen LogP contribution is 2.17. The molecule has 0 atom stereocenters. The monoisotopic (exact) mass is 384 g/mol. The van der Waals surface area contributed by atoms with E-state index in [-0.39, 0.29) is 5.56 Å². The number of hydrogen-bond donors (Lipinski definition) is 0. The van der Waals surface area contributed by atoms with Crippen molar-refractivity contribution in [3.05, 3.63) is 99.0 Å². The lowest BCUT2D eigenvalue weighted by atomic mass is 10.1. The van der Waals surface area contributed by atoms with Crippen molar-refractivity contribution in [3.8, 4) is 6.07 Å². The molecule has 0 saturated carbocycles. The van der Waals surface area contributed by atoms with Gasteiger partial charge in [0.25, 0.3) is 5.56 Å². The molecule has 0 saturated heterocycles. The number of benzene rings is 2. The first-order chi connectivity index (χ1) is 14.0. The van der Waals surface area contributed by atoms with Gasteiger partial charge in [-0.05, 0) is 55.7 Å². The van der Waals surface area contributed by atoms with Crippen LogP contribution in [0.4, 0.5) is 5.69 Å². The molecular weight excluding hydrogens is 360 g/mol. The summed E-state index contributed by atoms with van der Waals surface area (Å²) in [5.41, 5.74) is 4.38. The third-order valence-corrected chi connectivity index (χ3v) is 4.85. The molecule has 0 N–H and O–H groups in total. The molecule has 0 radical (unpaired) electrons. The molecule has 1 aromatic heterocycles. The number of pyridine rings is 1. The Kier molecular flexibility index (Phi) is 6.25. The molecule has 0 bridgehead atoms. The SMILES string of the molecule is CCN(Cc1ccccc1)c1ccc(/C=N/n2c(C)cc(C)c(C#N)c2=O)cc1. The summed E-state index contributed by atoms with van der Waals surface area (Å²) < 4.78 is 1.27. The van der Waals surface area contributed by atoms with Crippen LogP contribution >= 0.6 is 0 Å². The Labute approximate surface area is 171 Å². The molecule has 0 aliphatic heterocycles. The van der Waals surface area contributed by atoms with Crippen LogP contribution in [0.3, 0.4) is 0 Å². The first kappa shape index (κ1) is 20.1. The molecule has 5 heteroatoms. The van der Waals surface area contributed by atoms with Gasteiger partial charge in [-0.3, -0.25) is 4.79 Å². The van der Waals surface area contributed by atoms with Crippen LogP contribution in [0.2, 0.25) is 0 Å². The molecular formula is C24H24N4O. The number of rotatable bonds is 6. The molecule has 0 aliphatic carbocycles. The Morgan fingerprint density at radius 3 is 2.41 bits per heavy atom. The Bertz CT molecular complexity index is 1110. The van der Waals surface area contributed by atoms with Crippen LogP contribution in [0.15, 0.2) is 70.6 Å². The topological polar surface area (TPSA) is 61.4 Å². The van der Waals surface area contributed by atoms with Gasteiger partial charge in [0.1, 0.15) is 11.6 Å². The molecule has 0 unspecified atom stereocenters. The fraction of sp³-hybridized carbons (Fsp3) is 0.208. The first-order valence-electron chi connectivity index (χ1n) is 9.60. The van der Waals surface area contributed by atoms with Gasteiger partial charge in [0.2, 0.25) is 0 Å². The van der Waals surface area contributed by atoms with Gasteiger partial charge in [-0.1, -0.05) is 42.5 Å². The Balaban J connectivity index is 1.81. The number of nitriles is 1. The molecule has 3 aromatic rings. The summed E-state index contributed by atoms with van der Waals surface area (Å²) in [6, 6.07) is 22.2. The third-order valence-electron chi connectivity index (χ3n) is 4.85. The molecule has 1 heterocycles. The Morgan fingerprint density at radius 1 is 1.10 bits per heavy atom. The van der Waals surface area contributed by atoms with Crippen molar-refractivity contribution < 1.29 is 0 Å². The third kappa shape index (κ3) is 4.61. The van der Waals surface area contributed by atoms with Crippen molar-refractivity contribution in [1.82, 2.24) is 4.68 Å². The Morgan fingerprint density at radius 2 is 1.79 bits per heavy atom. The van der Waals surface area contributed by atoms with Gasteiger partial charge in [-0.2, -0.15) is 10.4 Å². The molecule has 146 valence electrons. The maximum absolute atomic E-state index is 12.4. The van der Waals surface area contributed by atoms with E-state index >= 15 is 0 Å². The van der Waals surface area contributed by atoms with E-state index in [1.807, 2.05) is 24.3 Å². The van der Waals surface area contributed by atoms with Crippen molar-refractivity contribution in [2.75, 3.05) is 11.4 Å². The molecule has 5 nitrogen and oxygen atoms in total. The van der Waals surface area contributed by atoms with Gasteiger partial charge in [0.05, 0.1) is 6.21 Å². The maximum Gasteiger partial charge on any atom is 0.289 e. The minimum absolute atomic E-state index is 0.127. The van der Waals surface area contributed by atoms with Gasteiger partial charge in [-0.15, -0.1) is 0 Å². The minimum atomic E-state index is -0.391. The number of hydrogen-bond acceptors (Lipinski definition) is 4. The smallest absolute Gasteiger partial charge is 0.289 e. The van der Waals surface area contributed by atoms with E-state index < -0.39 is 5.56 Å². The number of aromatic nitrogens is 1. The highest BCUT2D eigenvalue weighted by Gasteiger charge is 2.09. The molecule has 0 amide bonds. The average Bonchev–Trinajstić information content (AvgIpc) is 2.73. The predicted molar refractivity (Wildman–Crippen MR) is 117 cm³/mol. The summed E-state index contributed by atoms with van der Waals surface area (Å²) >= 11 is 0. The standard InChI is InChI=1S/C24H24N4O/c1-4-27(17-21-8-6-5-7-9-21)22-12-10-20(11-13-22)16-26-28-19(3)14-18(2)23(15-25)24(28)29/h5-14,16H,4,17H2,1-3H3/b26-16+. The van der Waals surface area contributed by atoms with Crippen LogP contribution in [-0.4, -0.2) is 17.4 Å². The van der Waals surface area contributed by atoms with Crippen LogP contribution in [0.1, 0.15) is 34.9 Å². The summed E-state index contributed by atoms with van der Waals surface area (Å²) in [7, 11) is 0. The van der Waals surface area contributed by atoms with Crippen LogP contribution in [0, 0.1) is 25.2 Å². The van der Waals surface area contributed by atoms with E-state index in [4.69, 9.17) is 0 Å². The Hall–Kier alpha value is -3.65. The first-order valence-corrected chi connectivity index (χ1v) is 9.60. The molecule has 0 fully saturated rings. The fourth-order valence-corrected chi connectivity index (χ4v) is 3.25. The second-order valence-corrected chi connectivity index (χ2v) is 6.91. The van der Waals surface area contributed by atoms with Crippen molar-refractivity contribution in [2.24, 2.45) is 5.10 Å². The highest BCUT2D eigenvalue weighted by atomic mass is 16.1. The lowest BCUT2D eigenvalue weighted by Crippen LogP contribution is -2.22. The molecule has 2 aromatic carbocycles. The summed E-state index contributed by atoms with van der Waals surface area (Å²) in [5, 5.41) is 13.5. The van der Waals surface area contributed by atoms with E-state index in [0.29, 0.717) is 11.3 Å². The van der Waals surface area contributed by atoms with Crippen LogP contribution < -0.4 is 10.5 Å². The van der Waals surface area contributed by atoms with Crippen molar-refractivity contribution in [1.29, 1.82) is 5.26 Å². The van der Waals surface area contributed by atoms with Gasteiger partial charge in [0.15, 0.2) is 0 Å². The van der Waals surface area contributed by atoms with Gasteiger partial charge in [0, 0.05) is 24.5 Å².